The topological polar surface area (TPSA) is 72.5 Å². The Morgan fingerprint density at radius 3 is 2.30 bits per heavy atom. The summed E-state index contributed by atoms with van der Waals surface area (Å²) >= 11 is 0. The van der Waals surface area contributed by atoms with Crippen LogP contribution in [0.3, 0.4) is 0 Å². The zero-order valence-corrected chi connectivity index (χ0v) is 14.6. The van der Waals surface area contributed by atoms with Crippen LogP contribution in [0.2, 0.25) is 0 Å². The molecule has 0 bridgehead atoms. The van der Waals surface area contributed by atoms with Crippen molar-refractivity contribution in [2.24, 2.45) is 5.41 Å². The summed E-state index contributed by atoms with van der Waals surface area (Å²) in [6.45, 7) is 11.4. The van der Waals surface area contributed by atoms with Crippen LogP contribution in [0.5, 0.6) is 0 Å². The van der Waals surface area contributed by atoms with E-state index >= 15 is 0 Å². The van der Waals surface area contributed by atoms with Crippen molar-refractivity contribution < 1.29 is 33.2 Å². The van der Waals surface area contributed by atoms with Gasteiger partial charge in [-0.15, -0.1) is 0 Å². The Kier molecular flexibility index (Phi) is 4.01. The standard InChI is InChI=1S/C16H26O7/c1-9(17)18-8-16(6)11(10-7-19-14(2,3)21-10)20-13-12(16)22-15(4,5)23-13/h10-13H,7-8H2,1-6H3/t10?,11-,12+,13-,16-/m1/s1. The molecule has 0 spiro atoms. The Morgan fingerprint density at radius 1 is 1.04 bits per heavy atom. The number of ether oxygens (including phenoxy) is 6. The van der Waals surface area contributed by atoms with Crippen LogP contribution in [-0.2, 0) is 33.2 Å². The van der Waals surface area contributed by atoms with Gasteiger partial charge in [0.1, 0.15) is 24.9 Å². The maximum absolute atomic E-state index is 11.3. The van der Waals surface area contributed by atoms with E-state index in [4.69, 9.17) is 28.4 Å². The molecule has 7 heteroatoms. The van der Waals surface area contributed by atoms with Crippen molar-refractivity contribution >= 4 is 5.97 Å². The highest BCUT2D eigenvalue weighted by atomic mass is 16.8. The van der Waals surface area contributed by atoms with Crippen molar-refractivity contribution in [3.63, 3.8) is 0 Å². The molecule has 0 N–H and O–H groups in total. The van der Waals surface area contributed by atoms with E-state index < -0.39 is 23.3 Å². The van der Waals surface area contributed by atoms with Gasteiger partial charge in [-0.2, -0.15) is 0 Å². The second-order valence-electron chi connectivity index (χ2n) is 7.63. The summed E-state index contributed by atoms with van der Waals surface area (Å²) in [6, 6.07) is 0. The van der Waals surface area contributed by atoms with Gasteiger partial charge in [0.2, 0.25) is 0 Å². The quantitative estimate of drug-likeness (QED) is 0.728. The smallest absolute Gasteiger partial charge is 0.302 e. The van der Waals surface area contributed by atoms with Gasteiger partial charge in [0, 0.05) is 6.92 Å². The summed E-state index contributed by atoms with van der Waals surface area (Å²) in [7, 11) is 0. The monoisotopic (exact) mass is 330 g/mol. The van der Waals surface area contributed by atoms with Crippen molar-refractivity contribution in [2.75, 3.05) is 13.2 Å². The largest absolute Gasteiger partial charge is 0.465 e. The van der Waals surface area contributed by atoms with Crippen molar-refractivity contribution in [2.45, 2.75) is 77.7 Å². The highest BCUT2D eigenvalue weighted by Gasteiger charge is 2.64. The minimum atomic E-state index is -0.732. The Labute approximate surface area is 136 Å². The van der Waals surface area contributed by atoms with Gasteiger partial charge in [-0.05, 0) is 27.7 Å². The SMILES string of the molecule is CC(=O)OC[C@]1(C)[C@@H](C2COC(C)(C)O2)O[C@@H]2OC(C)(C)O[C@@H]21. The first-order valence-electron chi connectivity index (χ1n) is 7.99. The van der Waals surface area contributed by atoms with Crippen LogP contribution >= 0.6 is 0 Å². The Balaban J connectivity index is 1.83. The van der Waals surface area contributed by atoms with Gasteiger partial charge in [-0.1, -0.05) is 6.92 Å². The molecule has 0 radical (unpaired) electrons. The van der Waals surface area contributed by atoms with Crippen molar-refractivity contribution in [3.8, 4) is 0 Å². The molecule has 0 aliphatic carbocycles. The molecule has 0 aromatic carbocycles. The average Bonchev–Trinajstić information content (AvgIpc) is 2.99. The van der Waals surface area contributed by atoms with Gasteiger partial charge >= 0.3 is 5.97 Å². The average molecular weight is 330 g/mol. The van der Waals surface area contributed by atoms with Crippen molar-refractivity contribution in [1.82, 2.24) is 0 Å². The van der Waals surface area contributed by atoms with E-state index in [0.29, 0.717) is 6.61 Å². The molecule has 3 aliphatic rings. The highest BCUT2D eigenvalue weighted by Crippen LogP contribution is 2.50. The predicted octanol–water partition coefficient (Wildman–Crippen LogP) is 1.58. The first-order chi connectivity index (χ1) is 10.5. The summed E-state index contributed by atoms with van der Waals surface area (Å²) < 4.78 is 34.9. The fraction of sp³-hybridized carbons (Fsp3) is 0.938. The lowest BCUT2D eigenvalue weighted by Crippen LogP contribution is -2.49. The maximum atomic E-state index is 11.3. The van der Waals surface area contributed by atoms with E-state index in [1.807, 2.05) is 34.6 Å². The van der Waals surface area contributed by atoms with Gasteiger partial charge in [0.15, 0.2) is 17.9 Å². The zero-order valence-electron chi connectivity index (χ0n) is 14.6. The first kappa shape index (κ1) is 17.1. The van der Waals surface area contributed by atoms with E-state index in [2.05, 4.69) is 0 Å². The van der Waals surface area contributed by atoms with Gasteiger partial charge in [0.05, 0.1) is 12.0 Å². The lowest BCUT2D eigenvalue weighted by atomic mass is 9.79. The van der Waals surface area contributed by atoms with Crippen LogP contribution in [-0.4, -0.2) is 55.4 Å². The minimum Gasteiger partial charge on any atom is -0.465 e. The zero-order chi connectivity index (χ0) is 17.0. The molecule has 3 heterocycles. The fourth-order valence-electron chi connectivity index (χ4n) is 3.54. The maximum Gasteiger partial charge on any atom is 0.302 e. The molecule has 7 nitrogen and oxygen atoms in total. The van der Waals surface area contributed by atoms with Gasteiger partial charge < -0.3 is 28.4 Å². The summed E-state index contributed by atoms with van der Waals surface area (Å²) in [5.41, 5.74) is -0.585. The third-order valence-corrected chi connectivity index (χ3v) is 4.59. The molecular formula is C16H26O7. The normalized spacial score (nSPS) is 44.3. The number of fused-ring (bicyclic) bond motifs is 1. The van der Waals surface area contributed by atoms with E-state index in [1.165, 1.54) is 6.92 Å². The second-order valence-corrected chi connectivity index (χ2v) is 7.63. The van der Waals surface area contributed by atoms with Gasteiger partial charge in [-0.25, -0.2) is 0 Å². The molecule has 1 unspecified atom stereocenters. The summed E-state index contributed by atoms with van der Waals surface area (Å²) in [5, 5.41) is 0. The fourth-order valence-corrected chi connectivity index (χ4v) is 3.54. The van der Waals surface area contributed by atoms with Gasteiger partial charge in [-0.3, -0.25) is 4.79 Å². The lowest BCUT2D eigenvalue weighted by Gasteiger charge is -2.36. The molecule has 23 heavy (non-hydrogen) atoms. The van der Waals surface area contributed by atoms with Crippen molar-refractivity contribution in [3.05, 3.63) is 0 Å². The molecule has 0 saturated carbocycles. The number of esters is 1. The van der Waals surface area contributed by atoms with E-state index in [0.717, 1.165) is 0 Å². The van der Waals surface area contributed by atoms with Crippen molar-refractivity contribution in [1.29, 1.82) is 0 Å². The molecule has 3 aliphatic heterocycles. The van der Waals surface area contributed by atoms with Crippen LogP contribution in [0.1, 0.15) is 41.5 Å². The van der Waals surface area contributed by atoms with Crippen LogP contribution in [0, 0.1) is 5.41 Å². The van der Waals surface area contributed by atoms with E-state index in [1.54, 1.807) is 0 Å². The number of rotatable bonds is 3. The number of carbonyl (C=O) groups excluding carboxylic acids is 1. The molecule has 0 amide bonds. The number of hydrogen-bond donors (Lipinski definition) is 0. The summed E-state index contributed by atoms with van der Waals surface area (Å²) in [6.07, 6.45) is -1.47. The molecule has 3 rings (SSSR count). The molecule has 3 fully saturated rings. The third-order valence-electron chi connectivity index (χ3n) is 4.59. The minimum absolute atomic E-state index is 0.174. The summed E-state index contributed by atoms with van der Waals surface area (Å²) in [4.78, 5) is 11.3. The van der Waals surface area contributed by atoms with Crippen LogP contribution < -0.4 is 0 Å². The molecule has 0 aromatic rings. The Hall–Kier alpha value is -0.730. The number of hydrogen-bond acceptors (Lipinski definition) is 7. The van der Waals surface area contributed by atoms with E-state index in [9.17, 15) is 4.79 Å². The first-order valence-corrected chi connectivity index (χ1v) is 7.99. The van der Waals surface area contributed by atoms with E-state index in [-0.39, 0.29) is 30.9 Å². The molecule has 5 atom stereocenters. The molecule has 132 valence electrons. The highest BCUT2D eigenvalue weighted by molar-refractivity contribution is 5.65. The van der Waals surface area contributed by atoms with Crippen LogP contribution in [0.25, 0.3) is 0 Å². The lowest BCUT2D eigenvalue weighted by molar-refractivity contribution is -0.239. The predicted molar refractivity (Wildman–Crippen MR) is 78.3 cm³/mol. The van der Waals surface area contributed by atoms with Gasteiger partial charge in [0.25, 0.3) is 0 Å². The third kappa shape index (κ3) is 3.13. The summed E-state index contributed by atoms with van der Waals surface area (Å²) in [5.74, 6) is -1.73. The second kappa shape index (κ2) is 5.39. The molecule has 0 aromatic heterocycles. The number of carbonyl (C=O) groups is 1. The van der Waals surface area contributed by atoms with Crippen LogP contribution in [0.4, 0.5) is 0 Å². The van der Waals surface area contributed by atoms with Crippen LogP contribution in [0.15, 0.2) is 0 Å². The molecular weight excluding hydrogens is 304 g/mol. The Morgan fingerprint density at radius 2 is 1.74 bits per heavy atom. The Bertz CT molecular complexity index is 489. The molecule has 3 saturated heterocycles.